The highest BCUT2D eigenvalue weighted by Crippen LogP contribution is 2.19. The largest absolute Gasteiger partial charge is 0.335 e. The number of nitrogens with zero attached hydrogens (tertiary/aromatic N) is 1. The van der Waals surface area contributed by atoms with Crippen molar-refractivity contribution in [2.24, 2.45) is 0 Å². The highest BCUT2D eigenvalue weighted by Gasteiger charge is 2.24. The minimum atomic E-state index is 0.0341. The van der Waals surface area contributed by atoms with E-state index < -0.39 is 0 Å². The number of rotatable bonds is 1. The Morgan fingerprint density at radius 3 is 3.00 bits per heavy atom. The van der Waals surface area contributed by atoms with E-state index in [1.165, 1.54) is 0 Å². The third-order valence-electron chi connectivity index (χ3n) is 3.09. The van der Waals surface area contributed by atoms with Gasteiger partial charge in [0.2, 0.25) is 0 Å². The van der Waals surface area contributed by atoms with Gasteiger partial charge in [-0.1, -0.05) is 23.7 Å². The number of halogens is 1. The SMILES string of the molecule is CC1CNCCCN1C(=O)c1ccccc1Cl. The summed E-state index contributed by atoms with van der Waals surface area (Å²) in [6, 6.07) is 7.44. The van der Waals surface area contributed by atoms with Crippen molar-refractivity contribution >= 4 is 17.5 Å². The average Bonchev–Trinajstić information content (AvgIpc) is 2.54. The van der Waals surface area contributed by atoms with Crippen molar-refractivity contribution in [2.75, 3.05) is 19.6 Å². The molecule has 17 heavy (non-hydrogen) atoms. The van der Waals surface area contributed by atoms with Crippen LogP contribution in [0.5, 0.6) is 0 Å². The van der Waals surface area contributed by atoms with Gasteiger partial charge < -0.3 is 10.2 Å². The molecule has 3 nitrogen and oxygen atoms in total. The molecule has 0 radical (unpaired) electrons. The maximum atomic E-state index is 12.4. The summed E-state index contributed by atoms with van der Waals surface area (Å²) in [5.41, 5.74) is 0.600. The third-order valence-corrected chi connectivity index (χ3v) is 3.42. The molecule has 0 spiro atoms. The molecule has 0 aromatic heterocycles. The van der Waals surface area contributed by atoms with Gasteiger partial charge in [-0.3, -0.25) is 4.79 Å². The Kier molecular flexibility index (Phi) is 4.02. The van der Waals surface area contributed by atoms with Gasteiger partial charge in [0.25, 0.3) is 5.91 Å². The number of carbonyl (C=O) groups is 1. The van der Waals surface area contributed by atoms with E-state index >= 15 is 0 Å². The van der Waals surface area contributed by atoms with E-state index in [9.17, 15) is 4.79 Å². The Balaban J connectivity index is 2.21. The first kappa shape index (κ1) is 12.4. The molecule has 0 saturated carbocycles. The fourth-order valence-corrected chi connectivity index (χ4v) is 2.32. The highest BCUT2D eigenvalue weighted by molar-refractivity contribution is 6.33. The zero-order valence-electron chi connectivity index (χ0n) is 9.95. The second-order valence-corrected chi connectivity index (χ2v) is 4.79. The zero-order valence-corrected chi connectivity index (χ0v) is 10.7. The van der Waals surface area contributed by atoms with Crippen LogP contribution in [0.1, 0.15) is 23.7 Å². The van der Waals surface area contributed by atoms with Crippen molar-refractivity contribution in [3.63, 3.8) is 0 Å². The first-order valence-corrected chi connectivity index (χ1v) is 6.34. The minimum absolute atomic E-state index is 0.0341. The van der Waals surface area contributed by atoms with Crippen LogP contribution in [0.15, 0.2) is 24.3 Å². The summed E-state index contributed by atoms with van der Waals surface area (Å²) in [5, 5.41) is 3.85. The molecule has 1 aliphatic heterocycles. The number of benzene rings is 1. The predicted molar refractivity (Wildman–Crippen MR) is 69.4 cm³/mol. The fourth-order valence-electron chi connectivity index (χ4n) is 2.11. The van der Waals surface area contributed by atoms with Gasteiger partial charge >= 0.3 is 0 Å². The lowest BCUT2D eigenvalue weighted by atomic mass is 10.1. The van der Waals surface area contributed by atoms with E-state index in [-0.39, 0.29) is 11.9 Å². The van der Waals surface area contributed by atoms with Crippen LogP contribution in [0.3, 0.4) is 0 Å². The normalized spacial score (nSPS) is 21.1. The Morgan fingerprint density at radius 1 is 1.47 bits per heavy atom. The van der Waals surface area contributed by atoms with Gasteiger partial charge in [0.1, 0.15) is 0 Å². The molecular formula is C13H17ClN2O. The molecule has 0 aliphatic carbocycles. The number of hydrogen-bond donors (Lipinski definition) is 1. The smallest absolute Gasteiger partial charge is 0.255 e. The first-order valence-electron chi connectivity index (χ1n) is 5.96. The third kappa shape index (κ3) is 2.79. The van der Waals surface area contributed by atoms with Crippen LogP contribution in [0.4, 0.5) is 0 Å². The molecule has 1 aromatic rings. The molecule has 1 unspecified atom stereocenters. The summed E-state index contributed by atoms with van der Waals surface area (Å²) in [7, 11) is 0. The van der Waals surface area contributed by atoms with E-state index in [2.05, 4.69) is 12.2 Å². The van der Waals surface area contributed by atoms with Crippen LogP contribution in [0, 0.1) is 0 Å². The van der Waals surface area contributed by atoms with Gasteiger partial charge in [-0.05, 0) is 32.0 Å². The van der Waals surface area contributed by atoms with Gasteiger partial charge in [0.05, 0.1) is 10.6 Å². The maximum Gasteiger partial charge on any atom is 0.255 e. The number of nitrogens with one attached hydrogen (secondary N) is 1. The van der Waals surface area contributed by atoms with E-state index in [0.717, 1.165) is 26.1 Å². The maximum absolute atomic E-state index is 12.4. The fraction of sp³-hybridized carbons (Fsp3) is 0.462. The molecule has 92 valence electrons. The Bertz CT molecular complexity index is 408. The molecule has 1 heterocycles. The van der Waals surface area contributed by atoms with Gasteiger partial charge in [-0.15, -0.1) is 0 Å². The molecule has 1 amide bonds. The average molecular weight is 253 g/mol. The van der Waals surface area contributed by atoms with Crippen molar-refractivity contribution in [3.8, 4) is 0 Å². The lowest BCUT2D eigenvalue weighted by Gasteiger charge is -2.27. The topological polar surface area (TPSA) is 32.3 Å². The van der Waals surface area contributed by atoms with Gasteiger partial charge in [-0.25, -0.2) is 0 Å². The lowest BCUT2D eigenvalue weighted by molar-refractivity contribution is 0.0707. The summed E-state index contributed by atoms with van der Waals surface area (Å²) in [6.07, 6.45) is 0.987. The Hall–Kier alpha value is -1.06. The van der Waals surface area contributed by atoms with Crippen molar-refractivity contribution < 1.29 is 4.79 Å². The van der Waals surface area contributed by atoms with Crippen LogP contribution in [0.25, 0.3) is 0 Å². The molecule has 4 heteroatoms. The summed E-state index contributed by atoms with van der Waals surface area (Å²) >= 11 is 6.06. The number of carbonyl (C=O) groups excluding carboxylic acids is 1. The quantitative estimate of drug-likeness (QED) is 0.831. The first-order chi connectivity index (χ1) is 8.20. The standard InChI is InChI=1S/C13H17ClN2O/c1-10-9-15-7-4-8-16(10)13(17)11-5-2-3-6-12(11)14/h2-3,5-6,10,15H,4,7-9H2,1H3. The predicted octanol–water partition coefficient (Wildman–Crippen LogP) is 2.16. The summed E-state index contributed by atoms with van der Waals surface area (Å²) < 4.78 is 0. The van der Waals surface area contributed by atoms with Crippen molar-refractivity contribution in [1.29, 1.82) is 0 Å². The zero-order chi connectivity index (χ0) is 12.3. The molecule has 1 atom stereocenters. The molecule has 0 bridgehead atoms. The van der Waals surface area contributed by atoms with Crippen LogP contribution in [-0.4, -0.2) is 36.5 Å². The van der Waals surface area contributed by atoms with E-state index in [1.54, 1.807) is 12.1 Å². The molecule has 1 N–H and O–H groups in total. The second-order valence-electron chi connectivity index (χ2n) is 4.39. The van der Waals surface area contributed by atoms with Gasteiger partial charge in [0, 0.05) is 19.1 Å². The van der Waals surface area contributed by atoms with Gasteiger partial charge in [-0.2, -0.15) is 0 Å². The Labute approximate surface area is 107 Å². The summed E-state index contributed by atoms with van der Waals surface area (Å²) in [5.74, 6) is 0.0341. The molecule has 1 aliphatic rings. The lowest BCUT2D eigenvalue weighted by Crippen LogP contribution is -2.41. The van der Waals surface area contributed by atoms with Crippen molar-refractivity contribution in [1.82, 2.24) is 10.2 Å². The molecule has 1 fully saturated rings. The van der Waals surface area contributed by atoms with Gasteiger partial charge in [0.15, 0.2) is 0 Å². The highest BCUT2D eigenvalue weighted by atomic mass is 35.5. The Morgan fingerprint density at radius 2 is 2.24 bits per heavy atom. The monoisotopic (exact) mass is 252 g/mol. The van der Waals surface area contributed by atoms with Crippen molar-refractivity contribution in [2.45, 2.75) is 19.4 Å². The number of amides is 1. The van der Waals surface area contributed by atoms with E-state index in [4.69, 9.17) is 11.6 Å². The van der Waals surface area contributed by atoms with E-state index in [0.29, 0.717) is 10.6 Å². The second kappa shape index (κ2) is 5.52. The van der Waals surface area contributed by atoms with Crippen LogP contribution < -0.4 is 5.32 Å². The van der Waals surface area contributed by atoms with E-state index in [1.807, 2.05) is 17.0 Å². The summed E-state index contributed by atoms with van der Waals surface area (Å²) in [4.78, 5) is 14.3. The minimum Gasteiger partial charge on any atom is -0.335 e. The van der Waals surface area contributed by atoms with Crippen molar-refractivity contribution in [3.05, 3.63) is 34.9 Å². The number of hydrogen-bond acceptors (Lipinski definition) is 2. The van der Waals surface area contributed by atoms with Crippen LogP contribution in [0.2, 0.25) is 5.02 Å². The summed E-state index contributed by atoms with van der Waals surface area (Å²) in [6.45, 7) is 4.66. The molecular weight excluding hydrogens is 236 g/mol. The van der Waals surface area contributed by atoms with Crippen LogP contribution >= 0.6 is 11.6 Å². The molecule has 1 saturated heterocycles. The molecule has 1 aromatic carbocycles. The van der Waals surface area contributed by atoms with Crippen LogP contribution in [-0.2, 0) is 0 Å². The molecule has 2 rings (SSSR count).